The molecule has 7 nitrogen and oxygen atoms in total. The van der Waals surface area contributed by atoms with Gasteiger partial charge < -0.3 is 9.84 Å². The summed E-state index contributed by atoms with van der Waals surface area (Å²) in [5.74, 6) is -1.13. The number of rotatable bonds is 4. The third-order valence-corrected chi connectivity index (χ3v) is 1.52. The summed E-state index contributed by atoms with van der Waals surface area (Å²) in [5.41, 5.74) is -0.565. The molecule has 0 fully saturated rings. The van der Waals surface area contributed by atoms with Crippen LogP contribution in [0.25, 0.3) is 0 Å². The van der Waals surface area contributed by atoms with Gasteiger partial charge in [-0.2, -0.15) is 5.10 Å². The molecule has 1 atom stereocenters. The van der Waals surface area contributed by atoms with Gasteiger partial charge in [0.1, 0.15) is 6.33 Å². The molecular formula is C6H9N3O4. The van der Waals surface area contributed by atoms with Crippen molar-refractivity contribution < 1.29 is 14.6 Å². The van der Waals surface area contributed by atoms with Crippen molar-refractivity contribution in [3.63, 3.8) is 0 Å². The second kappa shape index (κ2) is 3.85. The fourth-order valence-corrected chi connectivity index (χ4v) is 0.907. The Morgan fingerprint density at radius 2 is 2.62 bits per heavy atom. The first-order valence-electron chi connectivity index (χ1n) is 3.50. The van der Waals surface area contributed by atoms with Gasteiger partial charge in [0.15, 0.2) is 6.04 Å². The van der Waals surface area contributed by atoms with E-state index in [2.05, 4.69) is 14.9 Å². The molecule has 0 radical (unpaired) electrons. The molecule has 1 unspecified atom stereocenters. The van der Waals surface area contributed by atoms with Gasteiger partial charge in [-0.3, -0.25) is 4.57 Å². The van der Waals surface area contributed by atoms with Crippen LogP contribution in [0.1, 0.15) is 6.04 Å². The number of carboxylic acids is 1. The molecule has 0 aliphatic heterocycles. The molecule has 1 aromatic heterocycles. The normalized spacial score (nSPS) is 12.7. The Hall–Kier alpha value is -1.63. The highest BCUT2D eigenvalue weighted by Crippen LogP contribution is 2.01. The largest absolute Gasteiger partial charge is 0.480 e. The van der Waals surface area contributed by atoms with Crippen molar-refractivity contribution >= 4 is 5.97 Å². The van der Waals surface area contributed by atoms with Crippen LogP contribution in [0, 0.1) is 0 Å². The molecule has 0 saturated heterocycles. The van der Waals surface area contributed by atoms with Crippen molar-refractivity contribution in [2.45, 2.75) is 6.04 Å². The van der Waals surface area contributed by atoms with Crippen LogP contribution in [-0.4, -0.2) is 39.6 Å². The van der Waals surface area contributed by atoms with Crippen molar-refractivity contribution in [1.29, 1.82) is 0 Å². The number of aromatic nitrogens is 3. The van der Waals surface area contributed by atoms with Gasteiger partial charge in [0.25, 0.3) is 0 Å². The molecule has 0 bridgehead atoms. The van der Waals surface area contributed by atoms with Crippen molar-refractivity contribution in [3.05, 3.63) is 16.8 Å². The van der Waals surface area contributed by atoms with Crippen LogP contribution in [-0.2, 0) is 9.53 Å². The van der Waals surface area contributed by atoms with E-state index >= 15 is 0 Å². The van der Waals surface area contributed by atoms with E-state index in [-0.39, 0.29) is 6.61 Å². The molecule has 72 valence electrons. The number of H-pyrrole nitrogens is 1. The minimum absolute atomic E-state index is 0.0746. The standard InChI is InChI=1S/C6H9N3O4/c1-13-2-4(5(10)11)9-3-7-8-6(9)12/h3-4H,2H2,1H3,(H,8,12)(H,10,11). The zero-order chi connectivity index (χ0) is 9.84. The van der Waals surface area contributed by atoms with Crippen LogP contribution in [0.2, 0.25) is 0 Å². The van der Waals surface area contributed by atoms with E-state index in [1.807, 2.05) is 0 Å². The number of aliphatic carboxylic acids is 1. The highest BCUT2D eigenvalue weighted by Gasteiger charge is 2.20. The maximum atomic E-state index is 11.0. The smallest absolute Gasteiger partial charge is 0.343 e. The SMILES string of the molecule is COCC(C(=O)O)n1cn[nH]c1=O. The van der Waals surface area contributed by atoms with E-state index in [0.29, 0.717) is 0 Å². The first kappa shape index (κ1) is 9.46. The van der Waals surface area contributed by atoms with E-state index in [1.165, 1.54) is 7.11 Å². The molecule has 0 amide bonds. The number of nitrogens with one attached hydrogen (secondary N) is 1. The van der Waals surface area contributed by atoms with Gasteiger partial charge in [0.05, 0.1) is 6.61 Å². The molecule has 2 N–H and O–H groups in total. The highest BCUT2D eigenvalue weighted by atomic mass is 16.5. The van der Waals surface area contributed by atoms with Crippen LogP contribution in [0.5, 0.6) is 0 Å². The number of carboxylic acid groups (broad SMARTS) is 1. The summed E-state index contributed by atoms with van der Waals surface area (Å²) in [6.07, 6.45) is 1.13. The van der Waals surface area contributed by atoms with E-state index in [4.69, 9.17) is 5.11 Å². The summed E-state index contributed by atoms with van der Waals surface area (Å²) in [6, 6.07) is -1.03. The maximum Gasteiger partial charge on any atom is 0.343 e. The maximum absolute atomic E-state index is 11.0. The molecule has 0 aliphatic carbocycles. The van der Waals surface area contributed by atoms with E-state index in [1.54, 1.807) is 0 Å². The van der Waals surface area contributed by atoms with Crippen LogP contribution < -0.4 is 5.69 Å². The lowest BCUT2D eigenvalue weighted by Gasteiger charge is -2.09. The van der Waals surface area contributed by atoms with Crippen LogP contribution in [0.4, 0.5) is 0 Å². The molecule has 1 rings (SSSR count). The summed E-state index contributed by atoms with van der Waals surface area (Å²) in [7, 11) is 1.36. The Morgan fingerprint density at radius 3 is 3.00 bits per heavy atom. The lowest BCUT2D eigenvalue weighted by Crippen LogP contribution is -2.30. The third kappa shape index (κ3) is 1.94. The zero-order valence-corrected chi connectivity index (χ0v) is 6.93. The van der Waals surface area contributed by atoms with E-state index in [9.17, 15) is 9.59 Å². The molecular weight excluding hydrogens is 178 g/mol. The molecule has 13 heavy (non-hydrogen) atoms. The number of aromatic amines is 1. The topological polar surface area (TPSA) is 97.2 Å². The number of ether oxygens (including phenoxy) is 1. The van der Waals surface area contributed by atoms with Crippen molar-refractivity contribution in [1.82, 2.24) is 14.8 Å². The van der Waals surface area contributed by atoms with Gasteiger partial charge in [0.2, 0.25) is 0 Å². The van der Waals surface area contributed by atoms with Gasteiger partial charge in [-0.25, -0.2) is 14.7 Å². The predicted molar refractivity (Wildman–Crippen MR) is 41.4 cm³/mol. The highest BCUT2D eigenvalue weighted by molar-refractivity contribution is 5.71. The average molecular weight is 187 g/mol. The zero-order valence-electron chi connectivity index (χ0n) is 6.93. The lowest BCUT2D eigenvalue weighted by molar-refractivity contribution is -0.142. The Labute approximate surface area is 72.9 Å². The average Bonchev–Trinajstić information content (AvgIpc) is 2.47. The number of methoxy groups -OCH3 is 1. The Bertz CT molecular complexity index is 342. The Balaban J connectivity index is 2.95. The quantitative estimate of drug-likeness (QED) is 0.619. The summed E-state index contributed by atoms with van der Waals surface area (Å²) >= 11 is 0. The van der Waals surface area contributed by atoms with Crippen LogP contribution in [0.15, 0.2) is 11.1 Å². The van der Waals surface area contributed by atoms with Crippen molar-refractivity contribution in [2.24, 2.45) is 0 Å². The first-order chi connectivity index (χ1) is 6.16. The van der Waals surface area contributed by atoms with E-state index < -0.39 is 17.7 Å². The molecule has 0 spiro atoms. The molecule has 1 aromatic rings. The van der Waals surface area contributed by atoms with Gasteiger partial charge in [0, 0.05) is 7.11 Å². The second-order valence-electron chi connectivity index (χ2n) is 2.38. The van der Waals surface area contributed by atoms with Gasteiger partial charge >= 0.3 is 11.7 Å². The molecule has 0 aromatic carbocycles. The lowest BCUT2D eigenvalue weighted by atomic mass is 10.3. The molecule has 0 aliphatic rings. The number of hydrogen-bond acceptors (Lipinski definition) is 4. The van der Waals surface area contributed by atoms with E-state index in [0.717, 1.165) is 10.9 Å². The summed E-state index contributed by atoms with van der Waals surface area (Å²) in [5, 5.41) is 14.2. The third-order valence-electron chi connectivity index (χ3n) is 1.52. The molecule has 0 saturated carbocycles. The second-order valence-corrected chi connectivity index (χ2v) is 2.38. The molecule has 1 heterocycles. The summed E-state index contributed by atoms with van der Waals surface area (Å²) < 4.78 is 5.63. The summed E-state index contributed by atoms with van der Waals surface area (Å²) in [4.78, 5) is 21.6. The Morgan fingerprint density at radius 1 is 1.92 bits per heavy atom. The Kier molecular flexibility index (Phi) is 2.80. The van der Waals surface area contributed by atoms with Crippen molar-refractivity contribution in [3.8, 4) is 0 Å². The van der Waals surface area contributed by atoms with Gasteiger partial charge in [-0.05, 0) is 0 Å². The van der Waals surface area contributed by atoms with Gasteiger partial charge in [-0.15, -0.1) is 0 Å². The molecule has 7 heteroatoms. The predicted octanol–water partition coefficient (Wildman–Crippen LogP) is -1.16. The summed E-state index contributed by atoms with van der Waals surface area (Å²) in [6.45, 7) is -0.0746. The minimum atomic E-state index is -1.13. The number of hydrogen-bond donors (Lipinski definition) is 2. The monoisotopic (exact) mass is 187 g/mol. The van der Waals surface area contributed by atoms with Gasteiger partial charge in [-0.1, -0.05) is 0 Å². The fraction of sp³-hybridized carbons (Fsp3) is 0.500. The van der Waals surface area contributed by atoms with Crippen molar-refractivity contribution in [2.75, 3.05) is 13.7 Å². The first-order valence-corrected chi connectivity index (χ1v) is 3.50. The number of nitrogens with zero attached hydrogens (tertiary/aromatic N) is 2. The van der Waals surface area contributed by atoms with Crippen LogP contribution in [0.3, 0.4) is 0 Å². The van der Waals surface area contributed by atoms with Crippen LogP contribution >= 0.6 is 0 Å². The number of carbonyl (C=O) groups is 1. The fourth-order valence-electron chi connectivity index (χ4n) is 0.907. The minimum Gasteiger partial charge on any atom is -0.480 e.